The van der Waals surface area contributed by atoms with Gasteiger partial charge in [0.25, 0.3) is 11.8 Å². The predicted molar refractivity (Wildman–Crippen MR) is 211 cm³/mol. The molecule has 2 N–H and O–H groups in total. The molecule has 294 valence electrons. The molecule has 0 spiro atoms. The first-order chi connectivity index (χ1) is 27.6. The quantitative estimate of drug-likeness (QED) is 0.134. The van der Waals surface area contributed by atoms with Crippen molar-refractivity contribution in [3.05, 3.63) is 140 Å². The van der Waals surface area contributed by atoms with Crippen molar-refractivity contribution in [2.45, 2.75) is 37.3 Å². The molecule has 9 nitrogen and oxygen atoms in total. The Hall–Kier alpha value is -5.43. The number of phenolic OH excluding ortho intramolecular Hbond substituents is 1. The van der Waals surface area contributed by atoms with E-state index < -0.39 is 75.4 Å². The number of carbonyl (C=O) groups excluding carboxylic acids is 4. The Morgan fingerprint density at radius 2 is 1.60 bits per heavy atom. The van der Waals surface area contributed by atoms with Crippen molar-refractivity contribution in [3.8, 4) is 5.75 Å². The standard InChI is InChI=1S/C43H30Cl3F3N4O5/c1-20-6-12-25(17-31(20)45)52-38(55)28-14-13-27-29(34(28)40(52)57)18-30-39(56)53(51-37-32(46)16-23(19-50-37)43(47,48)49)41(58)42(30,22-8-10-24(44)11-9-22)36(27)35-26-5-3-2-4-21(26)7-15-33(35)54/h2-13,15-17,19,28-30,34,36,54H,14,18H2,1H3,(H,50,51)/t28-,29+,30-,34-,36+,42+/m0/s1. The van der Waals surface area contributed by atoms with Gasteiger partial charge in [0.1, 0.15) is 5.75 Å². The van der Waals surface area contributed by atoms with E-state index in [2.05, 4.69) is 10.4 Å². The number of carbonyl (C=O) groups is 4. The van der Waals surface area contributed by atoms with E-state index >= 15 is 9.59 Å². The van der Waals surface area contributed by atoms with Crippen molar-refractivity contribution < 1.29 is 37.5 Å². The van der Waals surface area contributed by atoms with Crippen LogP contribution in [0.5, 0.6) is 5.75 Å². The van der Waals surface area contributed by atoms with E-state index in [0.717, 1.165) is 15.8 Å². The van der Waals surface area contributed by atoms with Crippen LogP contribution in [0.3, 0.4) is 0 Å². The third-order valence-electron chi connectivity index (χ3n) is 12.2. The molecule has 15 heteroatoms. The van der Waals surface area contributed by atoms with E-state index in [-0.39, 0.29) is 24.4 Å². The number of nitrogens with zero attached hydrogens (tertiary/aromatic N) is 3. The number of hydrogen-bond donors (Lipinski definition) is 2. The predicted octanol–water partition coefficient (Wildman–Crippen LogP) is 9.42. The van der Waals surface area contributed by atoms with Crippen LogP contribution in [0.15, 0.2) is 103 Å². The summed E-state index contributed by atoms with van der Waals surface area (Å²) >= 11 is 19.1. The number of hydrogen-bond acceptors (Lipinski definition) is 7. The third-order valence-corrected chi connectivity index (χ3v) is 13.2. The molecule has 0 radical (unpaired) electrons. The van der Waals surface area contributed by atoms with E-state index in [1.54, 1.807) is 67.6 Å². The number of nitrogens with one attached hydrogen (secondary N) is 1. The highest BCUT2D eigenvalue weighted by atomic mass is 35.5. The van der Waals surface area contributed by atoms with E-state index in [4.69, 9.17) is 34.8 Å². The topological polar surface area (TPSA) is 120 Å². The number of rotatable bonds is 5. The zero-order valence-electron chi connectivity index (χ0n) is 30.2. The third kappa shape index (κ3) is 5.55. The Labute approximate surface area is 344 Å². The lowest BCUT2D eigenvalue weighted by Gasteiger charge is -2.51. The fourth-order valence-corrected chi connectivity index (χ4v) is 10.2. The molecule has 1 saturated carbocycles. The van der Waals surface area contributed by atoms with Gasteiger partial charge in [-0.2, -0.15) is 18.2 Å². The SMILES string of the molecule is Cc1ccc(N2C(=O)[C@H]3[C@H](CC=C4[C@H]3C[C@H]3C(=O)N(Nc5ncc(C(F)(F)F)cc5Cl)C(=O)[C@@]3(c3ccc(Cl)cc3)[C@H]4c3c(O)ccc4ccccc34)C2=O)cc1Cl. The van der Waals surface area contributed by atoms with Crippen LogP contribution < -0.4 is 10.3 Å². The minimum absolute atomic E-state index is 0.0872. The van der Waals surface area contributed by atoms with Gasteiger partial charge in [0.15, 0.2) is 5.82 Å². The molecule has 2 aliphatic carbocycles. The second-order valence-corrected chi connectivity index (χ2v) is 16.3. The van der Waals surface area contributed by atoms with Gasteiger partial charge < -0.3 is 5.11 Å². The zero-order valence-corrected chi connectivity index (χ0v) is 32.5. The van der Waals surface area contributed by atoms with E-state index in [0.29, 0.717) is 55.1 Å². The van der Waals surface area contributed by atoms with Crippen molar-refractivity contribution in [1.29, 1.82) is 0 Å². The monoisotopic (exact) mass is 844 g/mol. The van der Waals surface area contributed by atoms with Crippen molar-refractivity contribution in [2.75, 3.05) is 10.3 Å². The minimum atomic E-state index is -4.77. The minimum Gasteiger partial charge on any atom is -0.508 e. The number of aromatic hydroxyl groups is 1. The van der Waals surface area contributed by atoms with Gasteiger partial charge in [0, 0.05) is 27.7 Å². The normalized spacial score (nSPS) is 25.5. The van der Waals surface area contributed by atoms with Crippen molar-refractivity contribution in [1.82, 2.24) is 9.99 Å². The van der Waals surface area contributed by atoms with Gasteiger partial charge in [-0.15, -0.1) is 0 Å². The lowest BCUT2D eigenvalue weighted by atomic mass is 9.48. The van der Waals surface area contributed by atoms with Crippen LogP contribution in [-0.2, 0) is 30.8 Å². The Kier molecular flexibility index (Phi) is 8.92. The van der Waals surface area contributed by atoms with Gasteiger partial charge in [-0.05, 0) is 84.0 Å². The maximum absolute atomic E-state index is 15.6. The molecule has 6 atom stereocenters. The highest BCUT2D eigenvalue weighted by Gasteiger charge is 2.71. The molecule has 4 aromatic carbocycles. The highest BCUT2D eigenvalue weighted by Crippen LogP contribution is 2.65. The number of allylic oxidation sites excluding steroid dienone is 2. The zero-order chi connectivity index (χ0) is 41.0. The van der Waals surface area contributed by atoms with E-state index in [9.17, 15) is 27.9 Å². The summed E-state index contributed by atoms with van der Waals surface area (Å²) in [6.07, 6.45) is -2.35. The molecule has 4 amide bonds. The Morgan fingerprint density at radius 3 is 2.31 bits per heavy atom. The van der Waals surface area contributed by atoms with Crippen LogP contribution in [0, 0.1) is 30.6 Å². The van der Waals surface area contributed by atoms with E-state index in [1.165, 1.54) is 6.07 Å². The number of aryl methyl sites for hydroxylation is 1. The fourth-order valence-electron chi connectivity index (χ4n) is 9.66. The number of fused-ring (bicyclic) bond motifs is 5. The lowest BCUT2D eigenvalue weighted by Crippen LogP contribution is -2.53. The molecule has 0 unspecified atom stereocenters. The molecule has 2 aliphatic heterocycles. The molecule has 58 heavy (non-hydrogen) atoms. The number of pyridine rings is 1. The van der Waals surface area contributed by atoms with Crippen molar-refractivity contribution in [3.63, 3.8) is 0 Å². The first-order valence-electron chi connectivity index (χ1n) is 18.3. The second-order valence-electron chi connectivity index (χ2n) is 15.1. The van der Waals surface area contributed by atoms with Gasteiger partial charge in [-0.25, -0.2) is 9.88 Å². The summed E-state index contributed by atoms with van der Waals surface area (Å²) in [5.74, 6) is -7.95. The average molecular weight is 846 g/mol. The fraction of sp³-hybridized carbons (Fsp3) is 0.233. The second kappa shape index (κ2) is 13.6. The molecule has 1 aromatic heterocycles. The van der Waals surface area contributed by atoms with Gasteiger partial charge in [0.2, 0.25) is 11.8 Å². The van der Waals surface area contributed by atoms with Gasteiger partial charge >= 0.3 is 6.18 Å². The van der Waals surface area contributed by atoms with Gasteiger partial charge in [-0.1, -0.05) is 95.0 Å². The molecule has 5 aromatic rings. The lowest BCUT2D eigenvalue weighted by molar-refractivity contribution is -0.139. The Bertz CT molecular complexity index is 2650. The molecule has 2 saturated heterocycles. The summed E-state index contributed by atoms with van der Waals surface area (Å²) in [6.45, 7) is 1.80. The maximum atomic E-state index is 15.6. The van der Waals surface area contributed by atoms with Crippen LogP contribution in [0.1, 0.15) is 41.0 Å². The molecular formula is C43H30Cl3F3N4O5. The number of aromatic nitrogens is 1. The van der Waals surface area contributed by atoms with Gasteiger partial charge in [-0.3, -0.25) is 24.6 Å². The number of hydrazine groups is 1. The smallest absolute Gasteiger partial charge is 0.417 e. The molecule has 9 rings (SSSR count). The van der Waals surface area contributed by atoms with Gasteiger partial charge in [0.05, 0.1) is 39.4 Å². The van der Waals surface area contributed by atoms with Crippen LogP contribution in [0.25, 0.3) is 10.8 Å². The summed E-state index contributed by atoms with van der Waals surface area (Å²) in [6, 6.07) is 22.4. The first kappa shape index (κ1) is 38.1. The maximum Gasteiger partial charge on any atom is 0.417 e. The summed E-state index contributed by atoms with van der Waals surface area (Å²) in [4.78, 5) is 64.4. The largest absolute Gasteiger partial charge is 0.508 e. The molecule has 3 fully saturated rings. The molecular weight excluding hydrogens is 816 g/mol. The summed E-state index contributed by atoms with van der Waals surface area (Å²) < 4.78 is 40.7. The van der Waals surface area contributed by atoms with E-state index in [1.807, 2.05) is 18.2 Å². The Morgan fingerprint density at radius 1 is 0.862 bits per heavy atom. The highest BCUT2D eigenvalue weighted by molar-refractivity contribution is 6.33. The number of halogens is 6. The average Bonchev–Trinajstić information content (AvgIpc) is 3.57. The van der Waals surface area contributed by atoms with Crippen LogP contribution in [0.2, 0.25) is 15.1 Å². The molecule has 0 bridgehead atoms. The molecule has 4 aliphatic rings. The summed E-state index contributed by atoms with van der Waals surface area (Å²) in [5, 5.41) is 14.2. The van der Waals surface area contributed by atoms with Crippen LogP contribution in [0.4, 0.5) is 24.7 Å². The van der Waals surface area contributed by atoms with Crippen molar-refractivity contribution in [2.24, 2.45) is 23.7 Å². The number of phenols is 1. The van der Waals surface area contributed by atoms with Crippen molar-refractivity contribution >= 4 is 80.7 Å². The number of imide groups is 2. The van der Waals surface area contributed by atoms with Crippen LogP contribution >= 0.6 is 34.8 Å². The number of anilines is 2. The number of alkyl halides is 3. The number of benzene rings is 4. The van der Waals surface area contributed by atoms with Crippen LogP contribution in [-0.4, -0.2) is 38.7 Å². The molecule has 3 heterocycles. The summed E-state index contributed by atoms with van der Waals surface area (Å²) in [7, 11) is 0. The first-order valence-corrected chi connectivity index (χ1v) is 19.4. The summed E-state index contributed by atoms with van der Waals surface area (Å²) in [5.41, 5.74) is 1.98. The Balaban J connectivity index is 1.27. The number of amides is 4.